The minimum absolute atomic E-state index is 0.190. The van der Waals surface area contributed by atoms with Gasteiger partial charge in [-0.3, -0.25) is 0 Å². The fraction of sp³-hybridized carbons (Fsp3) is 0.600. The molecule has 1 aromatic carbocycles. The molecule has 3 fully saturated rings. The van der Waals surface area contributed by atoms with Crippen LogP contribution in [0, 0.1) is 29.6 Å². The highest BCUT2D eigenvalue weighted by Gasteiger charge is 2.66. The molecule has 4 rings (SSSR count). The van der Waals surface area contributed by atoms with Gasteiger partial charge in [-0.2, -0.15) is 0 Å². The minimum Gasteiger partial charge on any atom is -0.117 e. The van der Waals surface area contributed by atoms with Crippen LogP contribution in [-0.4, -0.2) is 0 Å². The van der Waals surface area contributed by atoms with Crippen LogP contribution in [0.5, 0.6) is 0 Å². The lowest BCUT2D eigenvalue weighted by atomic mass is 9.97. The molecule has 0 nitrogen and oxygen atoms in total. The van der Waals surface area contributed by atoms with Gasteiger partial charge in [0.2, 0.25) is 0 Å². The van der Waals surface area contributed by atoms with Crippen LogP contribution in [0.2, 0.25) is 0 Å². The quantitative estimate of drug-likeness (QED) is 0.561. The summed E-state index contributed by atoms with van der Waals surface area (Å²) < 4.78 is 2.28. The predicted molar refractivity (Wildman–Crippen MR) is 81.7 cm³/mol. The van der Waals surface area contributed by atoms with Gasteiger partial charge in [0, 0.05) is 8.95 Å². The smallest absolute Gasteiger partial charge is 0.0630 e. The summed E-state index contributed by atoms with van der Waals surface area (Å²) in [7, 11) is 0. The van der Waals surface area contributed by atoms with Gasteiger partial charge in [0.15, 0.2) is 0 Å². The van der Waals surface area contributed by atoms with Crippen LogP contribution in [0.3, 0.4) is 0 Å². The maximum atomic E-state index is 6.79. The van der Waals surface area contributed by atoms with Crippen LogP contribution in [0.1, 0.15) is 30.2 Å². The number of hydrogen-bond acceptors (Lipinski definition) is 0. The number of rotatable bonds is 2. The van der Waals surface area contributed by atoms with Gasteiger partial charge in [0.05, 0.1) is 5.38 Å². The van der Waals surface area contributed by atoms with Crippen LogP contribution < -0.4 is 0 Å². The SMILES string of the molecule is ClC(c1cc(Br)ccc1Br)C1C2C3CCC(C3)C21. The highest BCUT2D eigenvalue weighted by Crippen LogP contribution is 2.73. The molecule has 2 bridgehead atoms. The Balaban J connectivity index is 1.61. The molecular formula is C15H15Br2Cl. The molecule has 18 heavy (non-hydrogen) atoms. The average Bonchev–Trinajstić information content (AvgIpc) is 2.79. The molecular weight excluding hydrogens is 375 g/mol. The molecule has 3 saturated carbocycles. The van der Waals surface area contributed by atoms with E-state index in [1.807, 2.05) is 0 Å². The van der Waals surface area contributed by atoms with Crippen LogP contribution in [0.25, 0.3) is 0 Å². The molecule has 5 unspecified atom stereocenters. The van der Waals surface area contributed by atoms with Gasteiger partial charge < -0.3 is 0 Å². The lowest BCUT2D eigenvalue weighted by Gasteiger charge is -2.16. The monoisotopic (exact) mass is 388 g/mol. The van der Waals surface area contributed by atoms with Crippen molar-refractivity contribution in [2.45, 2.75) is 24.6 Å². The summed E-state index contributed by atoms with van der Waals surface area (Å²) in [5, 5.41) is 0.190. The summed E-state index contributed by atoms with van der Waals surface area (Å²) in [4.78, 5) is 0. The average molecular weight is 391 g/mol. The second-order valence-corrected chi connectivity index (χ2v) is 8.37. The lowest BCUT2D eigenvalue weighted by Crippen LogP contribution is -2.04. The highest BCUT2D eigenvalue weighted by atomic mass is 79.9. The van der Waals surface area contributed by atoms with Crippen molar-refractivity contribution < 1.29 is 0 Å². The Kier molecular flexibility index (Phi) is 2.87. The van der Waals surface area contributed by atoms with Gasteiger partial charge in [-0.05, 0) is 72.6 Å². The zero-order valence-corrected chi connectivity index (χ0v) is 13.9. The highest BCUT2D eigenvalue weighted by molar-refractivity contribution is 9.11. The van der Waals surface area contributed by atoms with Gasteiger partial charge in [-0.25, -0.2) is 0 Å². The summed E-state index contributed by atoms with van der Waals surface area (Å²) in [6.07, 6.45) is 4.42. The standard InChI is InChI=1S/C15H15Br2Cl/c16-9-3-4-11(17)10(6-9)15(18)14-12-7-1-2-8(5-7)13(12)14/h3-4,6-8,12-15H,1-2,5H2. The van der Waals surface area contributed by atoms with E-state index in [0.717, 1.165) is 38.5 Å². The van der Waals surface area contributed by atoms with Crippen molar-refractivity contribution in [3.8, 4) is 0 Å². The van der Waals surface area contributed by atoms with Crippen molar-refractivity contribution in [3.05, 3.63) is 32.7 Å². The van der Waals surface area contributed by atoms with Crippen molar-refractivity contribution in [1.29, 1.82) is 0 Å². The van der Waals surface area contributed by atoms with Crippen molar-refractivity contribution in [1.82, 2.24) is 0 Å². The molecule has 0 heterocycles. The fourth-order valence-electron chi connectivity index (χ4n) is 4.72. The Bertz CT molecular complexity index is 485. The van der Waals surface area contributed by atoms with E-state index >= 15 is 0 Å². The third kappa shape index (κ3) is 1.68. The maximum Gasteiger partial charge on any atom is 0.0630 e. The summed E-state index contributed by atoms with van der Waals surface area (Å²) in [5.41, 5.74) is 1.27. The fourth-order valence-corrected chi connectivity index (χ4v) is 6.24. The number of fused-ring (bicyclic) bond motifs is 5. The third-order valence-electron chi connectivity index (χ3n) is 5.39. The van der Waals surface area contributed by atoms with Crippen molar-refractivity contribution in [2.24, 2.45) is 29.6 Å². The normalized spacial score (nSPS) is 41.8. The topological polar surface area (TPSA) is 0 Å². The molecule has 0 aromatic heterocycles. The van der Waals surface area contributed by atoms with E-state index in [1.54, 1.807) is 0 Å². The number of benzene rings is 1. The van der Waals surface area contributed by atoms with Crippen LogP contribution in [-0.2, 0) is 0 Å². The summed E-state index contributed by atoms with van der Waals surface area (Å²) >= 11 is 14.0. The first kappa shape index (κ1) is 12.2. The van der Waals surface area contributed by atoms with Gasteiger partial charge in [0.25, 0.3) is 0 Å². The molecule has 3 aliphatic rings. The number of alkyl halides is 1. The van der Waals surface area contributed by atoms with Gasteiger partial charge >= 0.3 is 0 Å². The zero-order chi connectivity index (χ0) is 12.4. The van der Waals surface area contributed by atoms with Crippen LogP contribution in [0.4, 0.5) is 0 Å². The summed E-state index contributed by atoms with van der Waals surface area (Å²) in [5.74, 6) is 4.62. The summed E-state index contributed by atoms with van der Waals surface area (Å²) in [6.45, 7) is 0. The Hall–Kier alpha value is 0.470. The van der Waals surface area contributed by atoms with Gasteiger partial charge in [-0.1, -0.05) is 31.9 Å². The van der Waals surface area contributed by atoms with E-state index < -0.39 is 0 Å². The van der Waals surface area contributed by atoms with Crippen molar-refractivity contribution >= 4 is 43.5 Å². The Morgan fingerprint density at radius 2 is 1.78 bits per heavy atom. The second kappa shape index (κ2) is 4.23. The van der Waals surface area contributed by atoms with Crippen molar-refractivity contribution in [2.75, 3.05) is 0 Å². The van der Waals surface area contributed by atoms with E-state index in [2.05, 4.69) is 50.1 Å². The molecule has 0 N–H and O–H groups in total. The first-order valence-electron chi connectivity index (χ1n) is 6.76. The Morgan fingerprint density at radius 1 is 1.11 bits per heavy atom. The van der Waals surface area contributed by atoms with Crippen molar-refractivity contribution in [3.63, 3.8) is 0 Å². The molecule has 96 valence electrons. The predicted octanol–water partition coefficient (Wildman–Crippen LogP) is 5.78. The molecule has 3 heteroatoms. The molecule has 5 atom stereocenters. The van der Waals surface area contributed by atoms with E-state index in [-0.39, 0.29) is 5.38 Å². The minimum atomic E-state index is 0.190. The molecule has 1 aromatic rings. The third-order valence-corrected chi connectivity index (χ3v) is 7.13. The van der Waals surface area contributed by atoms with Crippen LogP contribution >= 0.6 is 43.5 Å². The maximum absolute atomic E-state index is 6.79. The first-order valence-corrected chi connectivity index (χ1v) is 8.78. The Morgan fingerprint density at radius 3 is 2.44 bits per heavy atom. The molecule has 0 spiro atoms. The zero-order valence-electron chi connectivity index (χ0n) is 9.95. The second-order valence-electron chi connectivity index (χ2n) is 6.13. The molecule has 0 amide bonds. The molecule has 0 radical (unpaired) electrons. The van der Waals surface area contributed by atoms with E-state index in [4.69, 9.17) is 11.6 Å². The lowest BCUT2D eigenvalue weighted by molar-refractivity contribution is 0.454. The number of halogens is 3. The van der Waals surface area contributed by atoms with E-state index in [0.29, 0.717) is 0 Å². The van der Waals surface area contributed by atoms with Gasteiger partial charge in [0.1, 0.15) is 0 Å². The molecule has 0 saturated heterocycles. The molecule has 0 aliphatic heterocycles. The summed E-state index contributed by atoms with van der Waals surface area (Å²) in [6, 6.07) is 6.34. The largest absolute Gasteiger partial charge is 0.117 e. The first-order chi connectivity index (χ1) is 8.66. The van der Waals surface area contributed by atoms with Gasteiger partial charge in [-0.15, -0.1) is 11.6 Å². The van der Waals surface area contributed by atoms with E-state index in [9.17, 15) is 0 Å². The van der Waals surface area contributed by atoms with E-state index in [1.165, 1.54) is 24.8 Å². The number of hydrogen-bond donors (Lipinski definition) is 0. The molecule has 3 aliphatic carbocycles. The van der Waals surface area contributed by atoms with Crippen LogP contribution in [0.15, 0.2) is 27.1 Å². The Labute approximate surface area is 130 Å².